The predicted molar refractivity (Wildman–Crippen MR) is 79.1 cm³/mol. The Morgan fingerprint density at radius 3 is 2.89 bits per heavy atom. The Morgan fingerprint density at radius 2 is 2.21 bits per heavy atom. The lowest BCUT2D eigenvalue weighted by molar-refractivity contribution is 0.245. The first kappa shape index (κ1) is 14.9. The van der Waals surface area contributed by atoms with Gasteiger partial charge in [-0.1, -0.05) is 39.3 Å². The molecule has 108 valence electrons. The molecule has 19 heavy (non-hydrogen) atoms. The molecule has 5 heteroatoms. The maximum absolute atomic E-state index is 5.43. The first-order chi connectivity index (χ1) is 8.98. The number of rotatable bonds is 4. The van der Waals surface area contributed by atoms with Crippen LogP contribution in [0.5, 0.6) is 0 Å². The summed E-state index contributed by atoms with van der Waals surface area (Å²) in [5.41, 5.74) is 0. The third-order valence-corrected chi connectivity index (χ3v) is 4.77. The van der Waals surface area contributed by atoms with E-state index in [4.69, 9.17) is 4.52 Å². The molecule has 1 aliphatic rings. The number of thioether (sulfide) groups is 1. The number of hydrogen-bond donors (Lipinski definition) is 1. The highest BCUT2D eigenvalue weighted by molar-refractivity contribution is 7.99. The van der Waals surface area contributed by atoms with Crippen molar-refractivity contribution in [1.29, 1.82) is 0 Å². The molecule has 0 aromatic carbocycles. The maximum Gasteiger partial charge on any atom is 0.243 e. The molecule has 2 heterocycles. The fourth-order valence-corrected chi connectivity index (χ4v) is 2.98. The molecule has 2 rings (SSSR count). The Labute approximate surface area is 120 Å². The summed E-state index contributed by atoms with van der Waals surface area (Å²) in [7, 11) is 0. The van der Waals surface area contributed by atoms with Crippen LogP contribution in [0, 0.1) is 5.92 Å². The molecule has 1 saturated heterocycles. The fraction of sp³-hybridized carbons (Fsp3) is 0.857. The SMILES string of the molecule is CCC1CCNC(c2nc(CSC(C)(C)C)no2)C1. The van der Waals surface area contributed by atoms with Crippen molar-refractivity contribution in [2.75, 3.05) is 6.54 Å². The van der Waals surface area contributed by atoms with Crippen LogP contribution in [0.25, 0.3) is 0 Å². The first-order valence-corrected chi connectivity index (χ1v) is 8.16. The van der Waals surface area contributed by atoms with Crippen molar-refractivity contribution in [3.05, 3.63) is 11.7 Å². The predicted octanol–water partition coefficient (Wildman–Crippen LogP) is 3.55. The Bertz CT molecular complexity index is 400. The summed E-state index contributed by atoms with van der Waals surface area (Å²) >= 11 is 1.85. The van der Waals surface area contributed by atoms with Crippen molar-refractivity contribution < 1.29 is 4.52 Å². The number of aromatic nitrogens is 2. The fourth-order valence-electron chi connectivity index (χ4n) is 2.30. The molecule has 2 unspecified atom stereocenters. The largest absolute Gasteiger partial charge is 0.338 e. The summed E-state index contributed by atoms with van der Waals surface area (Å²) in [5, 5.41) is 7.58. The minimum Gasteiger partial charge on any atom is -0.338 e. The number of hydrogen-bond acceptors (Lipinski definition) is 5. The van der Waals surface area contributed by atoms with Crippen LogP contribution in [0.15, 0.2) is 4.52 Å². The van der Waals surface area contributed by atoms with Gasteiger partial charge in [0.1, 0.15) is 0 Å². The Kier molecular flexibility index (Phi) is 4.90. The normalized spacial score (nSPS) is 24.6. The quantitative estimate of drug-likeness (QED) is 0.915. The molecule has 0 radical (unpaired) electrons. The molecule has 0 spiro atoms. The summed E-state index contributed by atoms with van der Waals surface area (Å²) in [6, 6.07) is 0.250. The van der Waals surface area contributed by atoms with E-state index in [9.17, 15) is 0 Å². The van der Waals surface area contributed by atoms with Gasteiger partial charge in [-0.05, 0) is 25.3 Å². The van der Waals surface area contributed by atoms with Crippen molar-refractivity contribution in [2.45, 2.75) is 63.5 Å². The second kappa shape index (κ2) is 6.27. The molecule has 1 aromatic rings. The van der Waals surface area contributed by atoms with E-state index in [0.29, 0.717) is 0 Å². The molecule has 1 aromatic heterocycles. The molecule has 0 amide bonds. The highest BCUT2D eigenvalue weighted by atomic mass is 32.2. The second-order valence-electron chi connectivity index (χ2n) is 6.26. The minimum atomic E-state index is 0.233. The molecule has 0 saturated carbocycles. The average Bonchev–Trinajstić information content (AvgIpc) is 2.84. The van der Waals surface area contributed by atoms with Gasteiger partial charge in [-0.25, -0.2) is 0 Å². The van der Waals surface area contributed by atoms with Crippen LogP contribution in [0.4, 0.5) is 0 Å². The van der Waals surface area contributed by atoms with E-state index in [1.54, 1.807) is 0 Å². The zero-order valence-electron chi connectivity index (χ0n) is 12.4. The van der Waals surface area contributed by atoms with Gasteiger partial charge in [-0.2, -0.15) is 4.98 Å². The van der Waals surface area contributed by atoms with E-state index >= 15 is 0 Å². The molecule has 0 bridgehead atoms. The van der Waals surface area contributed by atoms with Crippen molar-refractivity contribution in [1.82, 2.24) is 15.5 Å². The lowest BCUT2D eigenvalue weighted by atomic mass is 9.90. The average molecular weight is 283 g/mol. The van der Waals surface area contributed by atoms with Crippen LogP contribution in [-0.2, 0) is 5.75 Å². The van der Waals surface area contributed by atoms with Gasteiger partial charge >= 0.3 is 0 Å². The number of nitrogens with one attached hydrogen (secondary N) is 1. The zero-order valence-corrected chi connectivity index (χ0v) is 13.2. The van der Waals surface area contributed by atoms with Crippen LogP contribution in [-0.4, -0.2) is 21.4 Å². The van der Waals surface area contributed by atoms with E-state index in [2.05, 4.69) is 43.2 Å². The van der Waals surface area contributed by atoms with Crippen LogP contribution in [0.2, 0.25) is 0 Å². The standard InChI is InChI=1S/C14H25N3OS/c1-5-10-6-7-15-11(8-10)13-16-12(17-18-13)9-19-14(2,3)4/h10-11,15H,5-9H2,1-4H3. The van der Waals surface area contributed by atoms with E-state index in [1.165, 1.54) is 12.8 Å². The molecular formula is C14H25N3OS. The van der Waals surface area contributed by atoms with Gasteiger partial charge in [0.05, 0.1) is 11.8 Å². The molecule has 0 aliphatic carbocycles. The minimum absolute atomic E-state index is 0.233. The summed E-state index contributed by atoms with van der Waals surface area (Å²) < 4.78 is 5.66. The monoisotopic (exact) mass is 283 g/mol. The van der Waals surface area contributed by atoms with Crippen LogP contribution in [0.1, 0.15) is 64.7 Å². The van der Waals surface area contributed by atoms with Crippen molar-refractivity contribution in [3.63, 3.8) is 0 Å². The lowest BCUT2D eigenvalue weighted by Crippen LogP contribution is -2.31. The highest BCUT2D eigenvalue weighted by Gasteiger charge is 2.26. The van der Waals surface area contributed by atoms with Crippen LogP contribution >= 0.6 is 11.8 Å². The second-order valence-corrected chi connectivity index (χ2v) is 8.06. The third kappa shape index (κ3) is 4.49. The molecule has 4 nitrogen and oxygen atoms in total. The van der Waals surface area contributed by atoms with E-state index < -0.39 is 0 Å². The van der Waals surface area contributed by atoms with Crippen LogP contribution < -0.4 is 5.32 Å². The van der Waals surface area contributed by atoms with Gasteiger partial charge < -0.3 is 9.84 Å². The van der Waals surface area contributed by atoms with E-state index in [-0.39, 0.29) is 10.8 Å². The molecule has 2 atom stereocenters. The zero-order chi connectivity index (χ0) is 13.9. The smallest absolute Gasteiger partial charge is 0.243 e. The summed E-state index contributed by atoms with van der Waals surface area (Å²) in [4.78, 5) is 4.54. The van der Waals surface area contributed by atoms with Gasteiger partial charge in [0.25, 0.3) is 0 Å². The Balaban J connectivity index is 1.93. The summed E-state index contributed by atoms with van der Waals surface area (Å²) in [6.45, 7) is 9.91. The maximum atomic E-state index is 5.43. The topological polar surface area (TPSA) is 51.0 Å². The van der Waals surface area contributed by atoms with Crippen molar-refractivity contribution in [2.24, 2.45) is 5.92 Å². The molecule has 1 aliphatic heterocycles. The van der Waals surface area contributed by atoms with Gasteiger partial charge in [0.15, 0.2) is 5.82 Å². The molecular weight excluding hydrogens is 258 g/mol. The van der Waals surface area contributed by atoms with Gasteiger partial charge in [-0.3, -0.25) is 0 Å². The number of piperidine rings is 1. The molecule has 1 fully saturated rings. The number of nitrogens with zero attached hydrogens (tertiary/aromatic N) is 2. The lowest BCUT2D eigenvalue weighted by Gasteiger charge is -2.27. The highest BCUT2D eigenvalue weighted by Crippen LogP contribution is 2.30. The summed E-state index contributed by atoms with van der Waals surface area (Å²) in [6.07, 6.45) is 3.61. The summed E-state index contributed by atoms with van der Waals surface area (Å²) in [5.74, 6) is 3.18. The van der Waals surface area contributed by atoms with Crippen molar-refractivity contribution in [3.8, 4) is 0 Å². The Morgan fingerprint density at radius 1 is 1.42 bits per heavy atom. The van der Waals surface area contributed by atoms with Crippen LogP contribution in [0.3, 0.4) is 0 Å². The van der Waals surface area contributed by atoms with E-state index in [0.717, 1.165) is 36.4 Å². The third-order valence-electron chi connectivity index (χ3n) is 3.51. The first-order valence-electron chi connectivity index (χ1n) is 7.17. The Hall–Kier alpha value is -0.550. The van der Waals surface area contributed by atoms with Gasteiger partial charge in [0.2, 0.25) is 5.89 Å². The molecule has 1 N–H and O–H groups in total. The van der Waals surface area contributed by atoms with Gasteiger partial charge in [-0.15, -0.1) is 11.8 Å². The van der Waals surface area contributed by atoms with E-state index in [1.807, 2.05) is 11.8 Å². The van der Waals surface area contributed by atoms with Gasteiger partial charge in [0, 0.05) is 4.75 Å². The van der Waals surface area contributed by atoms with Crippen molar-refractivity contribution >= 4 is 11.8 Å².